The Balaban J connectivity index is 2.05. The number of carbonyl (C=O) groups excluding carboxylic acids is 2. The van der Waals surface area contributed by atoms with E-state index in [9.17, 15) is 14.4 Å². The zero-order valence-corrected chi connectivity index (χ0v) is 12.2. The van der Waals surface area contributed by atoms with Crippen molar-refractivity contribution >= 4 is 34.6 Å². The molecule has 2 aromatic carbocycles. The highest BCUT2D eigenvalue weighted by Gasteiger charge is 2.30. The lowest BCUT2D eigenvalue weighted by Crippen LogP contribution is -2.37. The van der Waals surface area contributed by atoms with E-state index in [-0.39, 0.29) is 24.7 Å². The van der Waals surface area contributed by atoms with Crippen molar-refractivity contribution in [1.82, 2.24) is 9.13 Å². The second kappa shape index (κ2) is 4.95. The number of benzene rings is 2. The maximum Gasteiger partial charge on any atom is 0.330 e. The van der Waals surface area contributed by atoms with Crippen molar-refractivity contribution in [2.75, 3.05) is 4.90 Å². The second-order valence-corrected chi connectivity index (χ2v) is 5.36. The molecule has 1 aromatic heterocycles. The highest BCUT2D eigenvalue weighted by Crippen LogP contribution is 2.35. The van der Waals surface area contributed by atoms with E-state index >= 15 is 0 Å². The molecule has 0 unspecified atom stereocenters. The fourth-order valence-corrected chi connectivity index (χ4v) is 3.14. The first-order valence-corrected chi connectivity index (χ1v) is 7.26. The van der Waals surface area contributed by atoms with Gasteiger partial charge in [0.25, 0.3) is 5.91 Å². The van der Waals surface area contributed by atoms with Crippen molar-refractivity contribution in [1.29, 1.82) is 0 Å². The van der Waals surface area contributed by atoms with Crippen LogP contribution in [-0.4, -0.2) is 21.3 Å². The minimum absolute atomic E-state index is 0.0225. The van der Waals surface area contributed by atoms with Gasteiger partial charge in [0.05, 0.1) is 23.3 Å². The van der Waals surface area contributed by atoms with Crippen LogP contribution < -0.4 is 10.6 Å². The molecule has 3 aromatic rings. The fourth-order valence-electron chi connectivity index (χ4n) is 3.14. The number of anilines is 2. The van der Waals surface area contributed by atoms with Gasteiger partial charge < -0.3 is 4.79 Å². The van der Waals surface area contributed by atoms with Gasteiger partial charge in [0.2, 0.25) is 0 Å². The van der Waals surface area contributed by atoms with Gasteiger partial charge in [0, 0.05) is 5.69 Å². The van der Waals surface area contributed by atoms with Crippen LogP contribution in [0.5, 0.6) is 0 Å². The van der Waals surface area contributed by atoms with Crippen LogP contribution in [-0.2, 0) is 22.7 Å². The molecule has 0 radical (unpaired) electrons. The lowest BCUT2D eigenvalue weighted by Gasteiger charge is -2.28. The molecule has 0 saturated heterocycles. The third-order valence-electron chi connectivity index (χ3n) is 4.07. The summed E-state index contributed by atoms with van der Waals surface area (Å²) in [6.45, 7) is -0.0571. The molecule has 1 aliphatic rings. The Hall–Kier alpha value is -3.15. The van der Waals surface area contributed by atoms with E-state index in [1.165, 1.54) is 9.13 Å². The number of aromatic nitrogens is 2. The van der Waals surface area contributed by atoms with E-state index < -0.39 is 0 Å². The van der Waals surface area contributed by atoms with Crippen LogP contribution in [0.1, 0.15) is 0 Å². The molecule has 6 nitrogen and oxygen atoms in total. The van der Waals surface area contributed by atoms with Gasteiger partial charge >= 0.3 is 5.69 Å². The molecule has 0 atom stereocenters. The summed E-state index contributed by atoms with van der Waals surface area (Å²) >= 11 is 0. The Labute approximate surface area is 131 Å². The minimum atomic E-state index is -0.333. The SMILES string of the molecule is O=CCn1c(=O)n2c3c(cccc31)N(c1ccccc1)C(=O)C2. The standard InChI is InChI=1S/C17H13N3O3/c21-10-9-18-13-7-4-8-14-16(13)19(17(18)23)11-15(22)20(14)12-5-2-1-3-6-12/h1-8,10H,9,11H2. The zero-order valence-electron chi connectivity index (χ0n) is 12.2. The average molecular weight is 307 g/mol. The first-order chi connectivity index (χ1) is 11.2. The molecular formula is C17H13N3O3. The number of aldehydes is 1. The summed E-state index contributed by atoms with van der Waals surface area (Å²) in [5.74, 6) is -0.179. The van der Waals surface area contributed by atoms with Crippen LogP contribution in [0.2, 0.25) is 0 Å². The Morgan fingerprint density at radius 2 is 1.78 bits per heavy atom. The Morgan fingerprint density at radius 3 is 2.52 bits per heavy atom. The molecule has 1 amide bonds. The van der Waals surface area contributed by atoms with Crippen LogP contribution >= 0.6 is 0 Å². The van der Waals surface area contributed by atoms with Crippen LogP contribution in [0, 0.1) is 0 Å². The van der Waals surface area contributed by atoms with E-state index in [1.807, 2.05) is 36.4 Å². The third kappa shape index (κ3) is 1.85. The molecule has 0 spiro atoms. The lowest BCUT2D eigenvalue weighted by molar-refractivity contribution is -0.118. The van der Waals surface area contributed by atoms with Crippen LogP contribution in [0.3, 0.4) is 0 Å². The molecule has 0 aliphatic carbocycles. The molecule has 0 fully saturated rings. The first kappa shape index (κ1) is 13.5. The predicted molar refractivity (Wildman–Crippen MR) is 85.9 cm³/mol. The predicted octanol–water partition coefficient (Wildman–Crippen LogP) is 1.68. The van der Waals surface area contributed by atoms with E-state index in [0.717, 1.165) is 5.69 Å². The van der Waals surface area contributed by atoms with E-state index in [1.54, 1.807) is 17.0 Å². The molecule has 0 saturated carbocycles. The van der Waals surface area contributed by atoms with E-state index in [0.29, 0.717) is 23.0 Å². The van der Waals surface area contributed by atoms with Crippen molar-refractivity contribution in [2.45, 2.75) is 13.1 Å². The molecule has 4 rings (SSSR count). The highest BCUT2D eigenvalue weighted by atomic mass is 16.2. The van der Waals surface area contributed by atoms with Crippen LogP contribution in [0.25, 0.3) is 11.0 Å². The summed E-state index contributed by atoms with van der Waals surface area (Å²) in [6.07, 6.45) is 0.687. The minimum Gasteiger partial charge on any atom is -0.301 e. The molecule has 1 aliphatic heterocycles. The van der Waals surface area contributed by atoms with Gasteiger partial charge in [-0.1, -0.05) is 24.3 Å². The van der Waals surface area contributed by atoms with Gasteiger partial charge in [0.15, 0.2) is 0 Å². The van der Waals surface area contributed by atoms with Crippen LogP contribution in [0.4, 0.5) is 11.4 Å². The summed E-state index contributed by atoms with van der Waals surface area (Å²) in [5.41, 5.74) is 2.43. The van der Waals surface area contributed by atoms with Crippen molar-refractivity contribution in [2.24, 2.45) is 0 Å². The number of imidazole rings is 1. The van der Waals surface area contributed by atoms with Crippen molar-refractivity contribution < 1.29 is 9.59 Å². The molecule has 0 bridgehead atoms. The van der Waals surface area contributed by atoms with E-state index in [2.05, 4.69) is 0 Å². The highest BCUT2D eigenvalue weighted by molar-refractivity contribution is 6.09. The molecular weight excluding hydrogens is 294 g/mol. The average Bonchev–Trinajstić information content (AvgIpc) is 2.83. The molecule has 0 N–H and O–H groups in total. The zero-order chi connectivity index (χ0) is 16.0. The third-order valence-corrected chi connectivity index (χ3v) is 4.07. The van der Waals surface area contributed by atoms with Gasteiger partial charge in [-0.3, -0.25) is 18.8 Å². The number of nitrogens with zero attached hydrogens (tertiary/aromatic N) is 3. The fraction of sp³-hybridized carbons (Fsp3) is 0.118. The summed E-state index contributed by atoms with van der Waals surface area (Å²) in [4.78, 5) is 37.6. The van der Waals surface area contributed by atoms with Gasteiger partial charge in [-0.25, -0.2) is 4.79 Å². The Kier molecular flexibility index (Phi) is 2.90. The maximum atomic E-state index is 12.6. The molecule has 23 heavy (non-hydrogen) atoms. The van der Waals surface area contributed by atoms with Gasteiger partial charge in [0.1, 0.15) is 12.8 Å². The smallest absolute Gasteiger partial charge is 0.301 e. The summed E-state index contributed by atoms with van der Waals surface area (Å²) in [6, 6.07) is 14.7. The topological polar surface area (TPSA) is 64.3 Å². The maximum absolute atomic E-state index is 12.6. The number of para-hydroxylation sites is 2. The van der Waals surface area contributed by atoms with Crippen molar-refractivity contribution in [3.8, 4) is 0 Å². The summed E-state index contributed by atoms with van der Waals surface area (Å²) in [7, 11) is 0. The summed E-state index contributed by atoms with van der Waals surface area (Å²) in [5, 5.41) is 0. The van der Waals surface area contributed by atoms with Crippen molar-refractivity contribution in [3.63, 3.8) is 0 Å². The number of amides is 1. The van der Waals surface area contributed by atoms with Gasteiger partial charge in [-0.2, -0.15) is 0 Å². The normalized spacial score (nSPS) is 13.6. The lowest BCUT2D eigenvalue weighted by atomic mass is 10.1. The summed E-state index contributed by atoms with van der Waals surface area (Å²) < 4.78 is 2.84. The number of carbonyl (C=O) groups is 2. The van der Waals surface area contributed by atoms with E-state index in [4.69, 9.17) is 0 Å². The molecule has 6 heteroatoms. The van der Waals surface area contributed by atoms with Gasteiger partial charge in [-0.05, 0) is 24.3 Å². The number of rotatable bonds is 3. The largest absolute Gasteiger partial charge is 0.330 e. The van der Waals surface area contributed by atoms with Gasteiger partial charge in [-0.15, -0.1) is 0 Å². The van der Waals surface area contributed by atoms with Crippen molar-refractivity contribution in [3.05, 3.63) is 59.0 Å². The molecule has 114 valence electrons. The first-order valence-electron chi connectivity index (χ1n) is 7.26. The Bertz CT molecular complexity index is 985. The molecule has 2 heterocycles. The second-order valence-electron chi connectivity index (χ2n) is 5.36. The monoisotopic (exact) mass is 307 g/mol. The number of hydrogen-bond donors (Lipinski definition) is 0. The number of hydrogen-bond acceptors (Lipinski definition) is 3. The Morgan fingerprint density at radius 1 is 1.00 bits per heavy atom. The van der Waals surface area contributed by atoms with Crippen LogP contribution in [0.15, 0.2) is 53.3 Å². The quantitative estimate of drug-likeness (QED) is 0.692.